The lowest BCUT2D eigenvalue weighted by Crippen LogP contribution is -2.19. The molecule has 0 atom stereocenters. The van der Waals surface area contributed by atoms with Gasteiger partial charge in [0, 0.05) is 4.90 Å². The Morgan fingerprint density at radius 3 is 2.46 bits per heavy atom. The van der Waals surface area contributed by atoms with Gasteiger partial charge in [0.1, 0.15) is 0 Å². The van der Waals surface area contributed by atoms with Crippen molar-refractivity contribution in [2.24, 2.45) is 0 Å². The summed E-state index contributed by atoms with van der Waals surface area (Å²) in [5.41, 5.74) is 0. The molecular weight excluding hydrogens is 182 g/mol. The van der Waals surface area contributed by atoms with Crippen molar-refractivity contribution in [3.8, 4) is 0 Å². The molecule has 0 aromatic heterocycles. The van der Waals surface area contributed by atoms with Crippen molar-refractivity contribution >= 4 is 16.9 Å². The lowest BCUT2D eigenvalue weighted by Gasteiger charge is -2.07. The lowest BCUT2D eigenvalue weighted by atomic mass is 10.4. The molecule has 0 bridgehead atoms. The van der Waals surface area contributed by atoms with E-state index in [-0.39, 0.29) is 5.12 Å². The predicted molar refractivity (Wildman–Crippen MR) is 55.9 cm³/mol. The molecule has 0 aliphatic rings. The maximum atomic E-state index is 11.3. The second-order valence-electron chi connectivity index (χ2n) is 3.02. The number of thioether (sulfide) groups is 1. The van der Waals surface area contributed by atoms with Crippen molar-refractivity contribution < 1.29 is 4.79 Å². The maximum absolute atomic E-state index is 11.3. The van der Waals surface area contributed by atoms with Gasteiger partial charge in [0.15, 0.2) is 0 Å². The number of benzene rings is 1. The van der Waals surface area contributed by atoms with Crippen LogP contribution >= 0.6 is 11.8 Å². The molecule has 0 saturated heterocycles. The Bertz CT molecular complexity index is 272. The zero-order valence-electron chi connectivity index (χ0n) is 7.86. The number of hydrogen-bond acceptors (Lipinski definition) is 3. The smallest absolute Gasteiger partial charge is 0.207 e. The molecule has 2 nitrogen and oxygen atoms in total. The van der Waals surface area contributed by atoms with Gasteiger partial charge in [-0.1, -0.05) is 30.0 Å². The van der Waals surface area contributed by atoms with Crippen LogP contribution in [0, 0.1) is 0 Å². The average Bonchev–Trinajstić information content (AvgIpc) is 2.04. The Morgan fingerprint density at radius 1 is 1.31 bits per heavy atom. The summed E-state index contributed by atoms with van der Waals surface area (Å²) in [6.07, 6.45) is 0. The minimum Gasteiger partial charge on any atom is -0.302 e. The van der Waals surface area contributed by atoms with Gasteiger partial charge in [-0.25, -0.2) is 0 Å². The summed E-state index contributed by atoms with van der Waals surface area (Å²) in [6.45, 7) is 0.486. The summed E-state index contributed by atoms with van der Waals surface area (Å²) in [5, 5.41) is 0.177. The largest absolute Gasteiger partial charge is 0.302 e. The van der Waals surface area contributed by atoms with Crippen molar-refractivity contribution in [2.75, 3.05) is 20.6 Å². The van der Waals surface area contributed by atoms with Gasteiger partial charge >= 0.3 is 0 Å². The number of carbonyl (C=O) groups is 1. The SMILES string of the molecule is CN(C)CC(=O)Sc1ccccc1. The van der Waals surface area contributed by atoms with E-state index >= 15 is 0 Å². The van der Waals surface area contributed by atoms with Crippen molar-refractivity contribution in [3.63, 3.8) is 0 Å². The van der Waals surface area contributed by atoms with Gasteiger partial charge in [-0.05, 0) is 26.2 Å². The van der Waals surface area contributed by atoms with Crippen molar-refractivity contribution in [1.29, 1.82) is 0 Å². The fourth-order valence-corrected chi connectivity index (χ4v) is 1.79. The number of likely N-dealkylation sites (N-methyl/N-ethyl adjacent to an activating group) is 1. The van der Waals surface area contributed by atoms with E-state index in [1.807, 2.05) is 49.3 Å². The quantitative estimate of drug-likeness (QED) is 0.687. The van der Waals surface area contributed by atoms with E-state index in [9.17, 15) is 4.79 Å². The second-order valence-corrected chi connectivity index (χ2v) is 4.16. The highest BCUT2D eigenvalue weighted by Gasteiger charge is 2.04. The van der Waals surface area contributed by atoms with Gasteiger partial charge in [-0.15, -0.1) is 0 Å². The highest BCUT2D eigenvalue weighted by molar-refractivity contribution is 8.13. The standard InChI is InChI=1S/C10H13NOS/c1-11(2)8-10(12)13-9-6-4-3-5-7-9/h3-7H,8H2,1-2H3. The first-order valence-electron chi connectivity index (χ1n) is 4.09. The Morgan fingerprint density at radius 2 is 1.92 bits per heavy atom. The average molecular weight is 195 g/mol. The summed E-state index contributed by atoms with van der Waals surface area (Å²) < 4.78 is 0. The molecule has 3 heteroatoms. The molecule has 0 fully saturated rings. The van der Waals surface area contributed by atoms with Crippen molar-refractivity contribution in [2.45, 2.75) is 4.90 Å². The van der Waals surface area contributed by atoms with Gasteiger partial charge in [-0.3, -0.25) is 4.79 Å². The maximum Gasteiger partial charge on any atom is 0.207 e. The Labute approximate surface area is 82.9 Å². The highest BCUT2D eigenvalue weighted by atomic mass is 32.2. The first kappa shape index (κ1) is 10.3. The molecule has 0 radical (unpaired) electrons. The van der Waals surface area contributed by atoms with Crippen LogP contribution in [0.4, 0.5) is 0 Å². The van der Waals surface area contributed by atoms with E-state index in [1.165, 1.54) is 11.8 Å². The minimum absolute atomic E-state index is 0.177. The molecular formula is C10H13NOS. The van der Waals surface area contributed by atoms with E-state index in [2.05, 4.69) is 0 Å². The van der Waals surface area contributed by atoms with E-state index < -0.39 is 0 Å². The fourth-order valence-electron chi connectivity index (χ4n) is 0.910. The molecule has 1 aromatic rings. The first-order valence-corrected chi connectivity index (χ1v) is 4.90. The predicted octanol–water partition coefficient (Wildman–Crippen LogP) is 1.87. The third-order valence-electron chi connectivity index (χ3n) is 1.42. The molecule has 0 aliphatic heterocycles. The zero-order valence-corrected chi connectivity index (χ0v) is 8.67. The summed E-state index contributed by atoms with van der Waals surface area (Å²) >= 11 is 1.29. The molecule has 0 N–H and O–H groups in total. The molecule has 70 valence electrons. The molecule has 13 heavy (non-hydrogen) atoms. The Kier molecular flexibility index (Phi) is 3.99. The van der Waals surface area contributed by atoms with Crippen LogP contribution in [-0.2, 0) is 4.79 Å². The molecule has 0 unspecified atom stereocenters. The van der Waals surface area contributed by atoms with E-state index in [1.54, 1.807) is 0 Å². The molecule has 0 saturated carbocycles. The summed E-state index contributed by atoms with van der Waals surface area (Å²) in [6, 6.07) is 9.70. The summed E-state index contributed by atoms with van der Waals surface area (Å²) in [5.74, 6) is 0. The van der Waals surface area contributed by atoms with Crippen LogP contribution in [0.3, 0.4) is 0 Å². The zero-order chi connectivity index (χ0) is 9.68. The molecule has 0 spiro atoms. The monoisotopic (exact) mass is 195 g/mol. The van der Waals surface area contributed by atoms with Crippen LogP contribution in [0.2, 0.25) is 0 Å². The van der Waals surface area contributed by atoms with E-state index in [0.717, 1.165) is 4.90 Å². The summed E-state index contributed by atoms with van der Waals surface area (Å²) in [7, 11) is 3.78. The summed E-state index contributed by atoms with van der Waals surface area (Å²) in [4.78, 5) is 14.2. The van der Waals surface area contributed by atoms with Gasteiger partial charge in [0.2, 0.25) is 5.12 Å². The van der Waals surface area contributed by atoms with Gasteiger partial charge in [0.25, 0.3) is 0 Å². The number of rotatable bonds is 3. The number of carbonyl (C=O) groups excluding carboxylic acids is 1. The molecule has 1 rings (SSSR count). The van der Waals surface area contributed by atoms with E-state index in [4.69, 9.17) is 0 Å². The molecule has 0 heterocycles. The van der Waals surface area contributed by atoms with Crippen molar-refractivity contribution in [1.82, 2.24) is 4.90 Å². The van der Waals surface area contributed by atoms with Crippen LogP contribution in [0.5, 0.6) is 0 Å². The number of hydrogen-bond donors (Lipinski definition) is 0. The first-order chi connectivity index (χ1) is 6.18. The van der Waals surface area contributed by atoms with Gasteiger partial charge < -0.3 is 4.90 Å². The van der Waals surface area contributed by atoms with E-state index in [0.29, 0.717) is 6.54 Å². The van der Waals surface area contributed by atoms with Gasteiger partial charge in [-0.2, -0.15) is 0 Å². The minimum atomic E-state index is 0.177. The lowest BCUT2D eigenvalue weighted by molar-refractivity contribution is -0.111. The van der Waals surface area contributed by atoms with Crippen LogP contribution in [0.25, 0.3) is 0 Å². The van der Waals surface area contributed by atoms with Gasteiger partial charge in [0.05, 0.1) is 6.54 Å². The second kappa shape index (κ2) is 5.04. The number of nitrogens with zero attached hydrogens (tertiary/aromatic N) is 1. The Balaban J connectivity index is 2.46. The molecule has 0 amide bonds. The highest BCUT2D eigenvalue weighted by Crippen LogP contribution is 2.17. The normalized spacial score (nSPS) is 10.4. The molecule has 0 aliphatic carbocycles. The van der Waals surface area contributed by atoms with Crippen LogP contribution in [0.15, 0.2) is 35.2 Å². The Hall–Kier alpha value is -0.800. The van der Waals surface area contributed by atoms with Crippen LogP contribution in [0.1, 0.15) is 0 Å². The molecule has 1 aromatic carbocycles. The topological polar surface area (TPSA) is 20.3 Å². The van der Waals surface area contributed by atoms with Crippen LogP contribution < -0.4 is 0 Å². The third-order valence-corrected chi connectivity index (χ3v) is 2.28. The fraction of sp³-hybridized carbons (Fsp3) is 0.300. The van der Waals surface area contributed by atoms with Crippen molar-refractivity contribution in [3.05, 3.63) is 30.3 Å². The third kappa shape index (κ3) is 4.10. The van der Waals surface area contributed by atoms with Crippen LogP contribution in [-0.4, -0.2) is 30.7 Å².